The summed E-state index contributed by atoms with van der Waals surface area (Å²) in [6.07, 6.45) is 0. The summed E-state index contributed by atoms with van der Waals surface area (Å²) >= 11 is 3.33. The van der Waals surface area contributed by atoms with Crippen LogP contribution in [0.1, 0.15) is 27.9 Å². The predicted octanol–water partition coefficient (Wildman–Crippen LogP) is 3.27. The molecule has 0 saturated heterocycles. The van der Waals surface area contributed by atoms with Gasteiger partial charge in [-0.1, -0.05) is 28.1 Å². The Bertz CT molecular complexity index is 673. The molecule has 1 N–H and O–H groups in total. The smallest absolute Gasteiger partial charge is 0.356 e. The van der Waals surface area contributed by atoms with Crippen molar-refractivity contribution in [3.63, 3.8) is 0 Å². The second-order valence-corrected chi connectivity index (χ2v) is 5.01. The molecule has 1 amide bonds. The fraction of sp³-hybridized carbons (Fsp3) is 0.133. The molecule has 5 nitrogen and oxygen atoms in total. The van der Waals surface area contributed by atoms with Crippen LogP contribution >= 0.6 is 15.9 Å². The summed E-state index contributed by atoms with van der Waals surface area (Å²) in [6.45, 7) is 1.97. The Kier molecular flexibility index (Phi) is 5.05. The van der Waals surface area contributed by atoms with Gasteiger partial charge in [0.2, 0.25) is 0 Å². The number of benzene rings is 1. The van der Waals surface area contributed by atoms with E-state index in [1.807, 2.05) is 12.1 Å². The summed E-state index contributed by atoms with van der Waals surface area (Å²) in [6, 6.07) is 11.8. The highest BCUT2D eigenvalue weighted by Crippen LogP contribution is 2.16. The molecule has 0 aliphatic rings. The number of hydrogen-bond acceptors (Lipinski definition) is 4. The number of pyridine rings is 1. The first-order valence-corrected chi connectivity index (χ1v) is 7.10. The number of nitrogens with one attached hydrogen (secondary N) is 1. The Hall–Kier alpha value is -2.21. The fourth-order valence-corrected chi connectivity index (χ4v) is 2.04. The van der Waals surface area contributed by atoms with Crippen LogP contribution in [0.3, 0.4) is 0 Å². The van der Waals surface area contributed by atoms with Crippen LogP contribution in [0.5, 0.6) is 0 Å². The van der Waals surface area contributed by atoms with Crippen molar-refractivity contribution in [3.8, 4) is 0 Å². The maximum Gasteiger partial charge on any atom is 0.356 e. The van der Waals surface area contributed by atoms with Crippen LogP contribution in [0, 0.1) is 0 Å². The van der Waals surface area contributed by atoms with Crippen LogP contribution in [0.25, 0.3) is 0 Å². The molecule has 0 radical (unpaired) electrons. The van der Waals surface area contributed by atoms with Crippen LogP contribution in [0.4, 0.5) is 5.69 Å². The van der Waals surface area contributed by atoms with Gasteiger partial charge in [-0.15, -0.1) is 0 Å². The standard InChI is InChI=1S/C15H13BrN2O3/c1-2-21-15(20)13-8-4-7-12(18-13)14(19)17-11-6-3-5-10(16)9-11/h3-9H,2H2,1H3,(H,17,19). The number of hydrogen-bond donors (Lipinski definition) is 1. The van der Waals surface area contributed by atoms with E-state index in [0.717, 1.165) is 4.47 Å². The van der Waals surface area contributed by atoms with Crippen LogP contribution in [0.2, 0.25) is 0 Å². The quantitative estimate of drug-likeness (QED) is 0.861. The molecule has 0 bridgehead atoms. The van der Waals surface area contributed by atoms with Gasteiger partial charge in [-0.05, 0) is 37.3 Å². The number of aromatic nitrogens is 1. The van der Waals surface area contributed by atoms with Crippen molar-refractivity contribution in [2.75, 3.05) is 11.9 Å². The molecule has 0 spiro atoms. The topological polar surface area (TPSA) is 68.3 Å². The number of rotatable bonds is 4. The average Bonchev–Trinajstić information content (AvgIpc) is 2.47. The van der Waals surface area contributed by atoms with Crippen molar-refractivity contribution in [1.82, 2.24) is 4.98 Å². The molecule has 21 heavy (non-hydrogen) atoms. The summed E-state index contributed by atoms with van der Waals surface area (Å²) in [5.41, 5.74) is 0.900. The minimum absolute atomic E-state index is 0.110. The second-order valence-electron chi connectivity index (χ2n) is 4.09. The van der Waals surface area contributed by atoms with Crippen molar-refractivity contribution in [2.24, 2.45) is 0 Å². The lowest BCUT2D eigenvalue weighted by Crippen LogP contribution is -2.16. The Labute approximate surface area is 130 Å². The highest BCUT2D eigenvalue weighted by Gasteiger charge is 2.13. The van der Waals surface area contributed by atoms with E-state index >= 15 is 0 Å². The number of ether oxygens (including phenoxy) is 1. The normalized spacial score (nSPS) is 10.0. The highest BCUT2D eigenvalue weighted by molar-refractivity contribution is 9.10. The van der Waals surface area contributed by atoms with E-state index in [1.54, 1.807) is 25.1 Å². The number of nitrogens with zero attached hydrogens (tertiary/aromatic N) is 1. The maximum absolute atomic E-state index is 12.1. The third-order valence-corrected chi connectivity index (χ3v) is 3.04. The molecular formula is C15H13BrN2O3. The zero-order valence-electron chi connectivity index (χ0n) is 11.3. The molecule has 1 aromatic heterocycles. The summed E-state index contributed by atoms with van der Waals surface area (Å²) in [7, 11) is 0. The summed E-state index contributed by atoms with van der Waals surface area (Å²) in [4.78, 5) is 27.7. The molecule has 1 heterocycles. The minimum atomic E-state index is -0.547. The van der Waals surface area contributed by atoms with Gasteiger partial charge >= 0.3 is 5.97 Å². The summed E-state index contributed by atoms with van der Waals surface area (Å²) < 4.78 is 5.71. The van der Waals surface area contributed by atoms with Crippen LogP contribution in [-0.2, 0) is 4.74 Å². The van der Waals surface area contributed by atoms with Crippen molar-refractivity contribution >= 4 is 33.5 Å². The van der Waals surface area contributed by atoms with Gasteiger partial charge in [0.15, 0.2) is 0 Å². The third kappa shape index (κ3) is 4.13. The number of amides is 1. The van der Waals surface area contributed by atoms with Gasteiger partial charge < -0.3 is 10.1 Å². The molecule has 6 heteroatoms. The molecule has 108 valence electrons. The average molecular weight is 349 g/mol. The summed E-state index contributed by atoms with van der Waals surface area (Å²) in [5.74, 6) is -0.936. The summed E-state index contributed by atoms with van der Waals surface area (Å²) in [5, 5.41) is 2.71. The van der Waals surface area contributed by atoms with Crippen molar-refractivity contribution < 1.29 is 14.3 Å². The Morgan fingerprint density at radius 1 is 1.19 bits per heavy atom. The molecular weight excluding hydrogens is 336 g/mol. The largest absolute Gasteiger partial charge is 0.461 e. The van der Waals surface area contributed by atoms with Crippen molar-refractivity contribution in [1.29, 1.82) is 0 Å². The first-order valence-electron chi connectivity index (χ1n) is 6.31. The van der Waals surface area contributed by atoms with Gasteiger partial charge in [0.25, 0.3) is 5.91 Å². The van der Waals surface area contributed by atoms with Crippen LogP contribution in [-0.4, -0.2) is 23.5 Å². The van der Waals surface area contributed by atoms with Gasteiger partial charge in [-0.3, -0.25) is 4.79 Å². The molecule has 0 saturated carbocycles. The molecule has 0 fully saturated rings. The van der Waals surface area contributed by atoms with E-state index in [0.29, 0.717) is 5.69 Å². The molecule has 0 unspecified atom stereocenters. The van der Waals surface area contributed by atoms with Crippen molar-refractivity contribution in [2.45, 2.75) is 6.92 Å². The first kappa shape index (κ1) is 15.2. The lowest BCUT2D eigenvalue weighted by molar-refractivity contribution is 0.0519. The highest BCUT2D eigenvalue weighted by atomic mass is 79.9. The zero-order valence-corrected chi connectivity index (χ0v) is 12.9. The second kappa shape index (κ2) is 6.99. The zero-order chi connectivity index (χ0) is 15.2. The van der Waals surface area contributed by atoms with Gasteiger partial charge in [0.05, 0.1) is 6.61 Å². The van der Waals surface area contributed by atoms with Crippen LogP contribution in [0.15, 0.2) is 46.9 Å². The first-order chi connectivity index (χ1) is 10.1. The van der Waals surface area contributed by atoms with Gasteiger partial charge in [0, 0.05) is 10.2 Å². The maximum atomic E-state index is 12.1. The lowest BCUT2D eigenvalue weighted by Gasteiger charge is -2.06. The number of halogens is 1. The molecule has 0 aliphatic carbocycles. The van der Waals surface area contributed by atoms with E-state index in [9.17, 15) is 9.59 Å². The van der Waals surface area contributed by atoms with Crippen LogP contribution < -0.4 is 5.32 Å². The van der Waals surface area contributed by atoms with E-state index in [1.165, 1.54) is 12.1 Å². The predicted molar refractivity (Wildman–Crippen MR) is 82.3 cm³/mol. The van der Waals surface area contributed by atoms with Gasteiger partial charge in [-0.2, -0.15) is 0 Å². The third-order valence-electron chi connectivity index (χ3n) is 2.55. The minimum Gasteiger partial charge on any atom is -0.461 e. The molecule has 0 atom stereocenters. The molecule has 2 aromatic rings. The molecule has 0 aliphatic heterocycles. The van der Waals surface area contributed by atoms with E-state index in [2.05, 4.69) is 26.2 Å². The number of anilines is 1. The molecule has 1 aromatic carbocycles. The SMILES string of the molecule is CCOC(=O)c1cccc(C(=O)Nc2cccc(Br)c2)n1. The monoisotopic (exact) mass is 348 g/mol. The fourth-order valence-electron chi connectivity index (χ4n) is 1.64. The van der Waals surface area contributed by atoms with E-state index in [4.69, 9.17) is 4.74 Å². The Morgan fingerprint density at radius 3 is 2.62 bits per heavy atom. The van der Waals surface area contributed by atoms with E-state index < -0.39 is 5.97 Å². The molecule has 2 rings (SSSR count). The van der Waals surface area contributed by atoms with E-state index in [-0.39, 0.29) is 23.9 Å². The van der Waals surface area contributed by atoms with Crippen molar-refractivity contribution in [3.05, 3.63) is 58.3 Å². The van der Waals surface area contributed by atoms with Gasteiger partial charge in [-0.25, -0.2) is 9.78 Å². The Morgan fingerprint density at radius 2 is 1.90 bits per heavy atom. The number of carbonyl (C=O) groups is 2. The number of carbonyl (C=O) groups excluding carboxylic acids is 2. The van der Waals surface area contributed by atoms with Gasteiger partial charge in [0.1, 0.15) is 11.4 Å². The lowest BCUT2D eigenvalue weighted by atomic mass is 10.2. The number of esters is 1. The Balaban J connectivity index is 2.16.